The molecule has 0 aliphatic carbocycles. The molecule has 1 aromatic heterocycles. The molecule has 0 saturated carbocycles. The average molecular weight is 314 g/mol. The average Bonchev–Trinajstić information content (AvgIpc) is 3.05. The summed E-state index contributed by atoms with van der Waals surface area (Å²) in [6, 6.07) is 10.7. The van der Waals surface area contributed by atoms with Gasteiger partial charge in [-0.3, -0.25) is 0 Å². The van der Waals surface area contributed by atoms with Gasteiger partial charge >= 0.3 is 6.03 Å². The second kappa shape index (κ2) is 6.95. The van der Waals surface area contributed by atoms with Gasteiger partial charge in [-0.05, 0) is 18.2 Å². The van der Waals surface area contributed by atoms with Gasteiger partial charge in [0.1, 0.15) is 11.9 Å². The third-order valence-electron chi connectivity index (χ3n) is 3.62. The molecule has 1 saturated heterocycles. The SMILES string of the molecule is COc1ccccc1NC(=O)N1CCC(Oc2cccnn2)C1. The monoisotopic (exact) mass is 314 g/mol. The Morgan fingerprint density at radius 2 is 2.17 bits per heavy atom. The lowest BCUT2D eigenvalue weighted by Crippen LogP contribution is -2.34. The molecule has 23 heavy (non-hydrogen) atoms. The predicted octanol–water partition coefficient (Wildman–Crippen LogP) is 2.17. The van der Waals surface area contributed by atoms with Gasteiger partial charge in [-0.1, -0.05) is 12.1 Å². The van der Waals surface area contributed by atoms with Gasteiger partial charge in [-0.2, -0.15) is 5.10 Å². The number of methoxy groups -OCH3 is 1. The summed E-state index contributed by atoms with van der Waals surface area (Å²) in [6.45, 7) is 1.14. The van der Waals surface area contributed by atoms with Crippen LogP contribution in [-0.2, 0) is 0 Å². The lowest BCUT2D eigenvalue weighted by atomic mass is 10.3. The fourth-order valence-electron chi connectivity index (χ4n) is 2.47. The molecule has 1 aliphatic rings. The number of carbonyl (C=O) groups is 1. The number of anilines is 1. The second-order valence-electron chi connectivity index (χ2n) is 5.17. The van der Waals surface area contributed by atoms with Crippen LogP contribution in [0.5, 0.6) is 11.6 Å². The van der Waals surface area contributed by atoms with E-state index in [1.165, 1.54) is 0 Å². The Morgan fingerprint density at radius 1 is 1.30 bits per heavy atom. The highest BCUT2D eigenvalue weighted by molar-refractivity contribution is 5.91. The first kappa shape index (κ1) is 15.1. The molecule has 0 radical (unpaired) electrons. The Kier molecular flexibility index (Phi) is 4.56. The molecule has 2 aromatic rings. The van der Waals surface area contributed by atoms with Crippen molar-refractivity contribution in [3.8, 4) is 11.6 Å². The summed E-state index contributed by atoms with van der Waals surface area (Å²) < 4.78 is 11.0. The Labute approximate surface area is 134 Å². The normalized spacial score (nSPS) is 16.9. The third-order valence-corrected chi connectivity index (χ3v) is 3.62. The predicted molar refractivity (Wildman–Crippen MR) is 84.7 cm³/mol. The van der Waals surface area contributed by atoms with E-state index in [0.29, 0.717) is 30.4 Å². The zero-order chi connectivity index (χ0) is 16.1. The molecule has 1 N–H and O–H groups in total. The van der Waals surface area contributed by atoms with Gasteiger partial charge in [-0.15, -0.1) is 5.10 Å². The number of hydrogen-bond donors (Lipinski definition) is 1. The van der Waals surface area contributed by atoms with E-state index in [0.717, 1.165) is 6.42 Å². The van der Waals surface area contributed by atoms with Crippen LogP contribution in [0.4, 0.5) is 10.5 Å². The number of hydrogen-bond acceptors (Lipinski definition) is 5. The van der Waals surface area contributed by atoms with Crippen LogP contribution >= 0.6 is 0 Å². The summed E-state index contributed by atoms with van der Waals surface area (Å²) >= 11 is 0. The number of aromatic nitrogens is 2. The molecule has 1 aliphatic heterocycles. The summed E-state index contributed by atoms with van der Waals surface area (Å²) in [6.07, 6.45) is 2.28. The van der Waals surface area contributed by atoms with Crippen molar-refractivity contribution in [1.29, 1.82) is 0 Å². The maximum absolute atomic E-state index is 12.4. The number of carbonyl (C=O) groups excluding carboxylic acids is 1. The zero-order valence-electron chi connectivity index (χ0n) is 12.8. The Bertz CT molecular complexity index is 665. The van der Waals surface area contributed by atoms with Crippen LogP contribution < -0.4 is 14.8 Å². The topological polar surface area (TPSA) is 76.6 Å². The molecular weight excluding hydrogens is 296 g/mol. The first-order chi connectivity index (χ1) is 11.3. The minimum absolute atomic E-state index is 0.0740. The summed E-state index contributed by atoms with van der Waals surface area (Å²) in [5.74, 6) is 1.11. The number of nitrogens with zero attached hydrogens (tertiary/aromatic N) is 3. The highest BCUT2D eigenvalue weighted by Gasteiger charge is 2.28. The molecule has 1 atom stereocenters. The number of urea groups is 1. The van der Waals surface area contributed by atoms with E-state index in [4.69, 9.17) is 9.47 Å². The van der Waals surface area contributed by atoms with Gasteiger partial charge in [0.2, 0.25) is 5.88 Å². The molecule has 2 amide bonds. The van der Waals surface area contributed by atoms with Crippen molar-refractivity contribution in [3.05, 3.63) is 42.6 Å². The maximum atomic E-state index is 12.4. The van der Waals surface area contributed by atoms with E-state index in [9.17, 15) is 4.79 Å². The molecule has 1 unspecified atom stereocenters. The van der Waals surface area contributed by atoms with E-state index >= 15 is 0 Å². The van der Waals surface area contributed by atoms with Crippen molar-refractivity contribution in [3.63, 3.8) is 0 Å². The number of ether oxygens (including phenoxy) is 2. The lowest BCUT2D eigenvalue weighted by molar-refractivity contribution is 0.188. The highest BCUT2D eigenvalue weighted by atomic mass is 16.5. The van der Waals surface area contributed by atoms with Gasteiger partial charge in [-0.25, -0.2) is 4.79 Å². The number of para-hydroxylation sites is 2. The molecule has 1 fully saturated rings. The van der Waals surface area contributed by atoms with Crippen LogP contribution in [-0.4, -0.2) is 47.4 Å². The quantitative estimate of drug-likeness (QED) is 0.936. The highest BCUT2D eigenvalue weighted by Crippen LogP contribution is 2.24. The summed E-state index contributed by atoms with van der Waals surface area (Å²) in [4.78, 5) is 14.1. The molecule has 0 bridgehead atoms. The van der Waals surface area contributed by atoms with Crippen molar-refractivity contribution in [2.45, 2.75) is 12.5 Å². The number of likely N-dealkylation sites (tertiary alicyclic amines) is 1. The van der Waals surface area contributed by atoms with Crippen LogP contribution in [0.1, 0.15) is 6.42 Å². The third kappa shape index (κ3) is 3.68. The van der Waals surface area contributed by atoms with Crippen LogP contribution in [0.25, 0.3) is 0 Å². The minimum Gasteiger partial charge on any atom is -0.495 e. The van der Waals surface area contributed by atoms with E-state index < -0.39 is 0 Å². The Morgan fingerprint density at radius 3 is 2.96 bits per heavy atom. The number of benzene rings is 1. The minimum atomic E-state index is -0.167. The van der Waals surface area contributed by atoms with Crippen molar-refractivity contribution in [2.24, 2.45) is 0 Å². The van der Waals surface area contributed by atoms with Crippen molar-refractivity contribution in [1.82, 2.24) is 15.1 Å². The number of nitrogens with one attached hydrogen (secondary N) is 1. The van der Waals surface area contributed by atoms with Gasteiger partial charge in [0.05, 0.1) is 19.3 Å². The lowest BCUT2D eigenvalue weighted by Gasteiger charge is -2.18. The number of rotatable bonds is 4. The fraction of sp³-hybridized carbons (Fsp3) is 0.312. The molecule has 7 heteroatoms. The zero-order valence-corrected chi connectivity index (χ0v) is 12.8. The fourth-order valence-corrected chi connectivity index (χ4v) is 2.47. The first-order valence-electron chi connectivity index (χ1n) is 7.39. The molecule has 0 spiro atoms. The van der Waals surface area contributed by atoms with Gasteiger partial charge in [0.15, 0.2) is 0 Å². The summed E-state index contributed by atoms with van der Waals surface area (Å²) in [5, 5.41) is 10.5. The van der Waals surface area contributed by atoms with Crippen LogP contribution in [0.3, 0.4) is 0 Å². The largest absolute Gasteiger partial charge is 0.495 e. The maximum Gasteiger partial charge on any atom is 0.322 e. The first-order valence-corrected chi connectivity index (χ1v) is 7.39. The molecule has 7 nitrogen and oxygen atoms in total. The van der Waals surface area contributed by atoms with Crippen molar-refractivity contribution < 1.29 is 14.3 Å². The van der Waals surface area contributed by atoms with Crippen molar-refractivity contribution in [2.75, 3.05) is 25.5 Å². The van der Waals surface area contributed by atoms with Crippen LogP contribution in [0, 0.1) is 0 Å². The Hall–Kier alpha value is -2.83. The molecule has 2 heterocycles. The van der Waals surface area contributed by atoms with E-state index in [1.807, 2.05) is 12.1 Å². The van der Waals surface area contributed by atoms with E-state index in [1.54, 1.807) is 42.5 Å². The van der Waals surface area contributed by atoms with Crippen molar-refractivity contribution >= 4 is 11.7 Å². The standard InChI is InChI=1S/C16H18N4O3/c1-22-14-6-3-2-5-13(14)18-16(21)20-10-8-12(11-20)23-15-7-4-9-17-19-15/h2-7,9,12H,8,10-11H2,1H3,(H,18,21). The molecular formula is C16H18N4O3. The molecule has 3 rings (SSSR count). The van der Waals surface area contributed by atoms with Gasteiger partial charge in [0.25, 0.3) is 0 Å². The summed E-state index contributed by atoms with van der Waals surface area (Å²) in [7, 11) is 1.58. The van der Waals surface area contributed by atoms with Crippen LogP contribution in [0.2, 0.25) is 0 Å². The Balaban J connectivity index is 1.57. The smallest absolute Gasteiger partial charge is 0.322 e. The van der Waals surface area contributed by atoms with E-state index in [2.05, 4.69) is 15.5 Å². The summed E-state index contributed by atoms with van der Waals surface area (Å²) in [5.41, 5.74) is 0.651. The van der Waals surface area contributed by atoms with Gasteiger partial charge < -0.3 is 19.7 Å². The van der Waals surface area contributed by atoms with E-state index in [-0.39, 0.29) is 12.1 Å². The van der Waals surface area contributed by atoms with Crippen LogP contribution in [0.15, 0.2) is 42.6 Å². The van der Waals surface area contributed by atoms with Gasteiger partial charge in [0, 0.05) is 25.2 Å². The molecule has 120 valence electrons. The number of amides is 2. The molecule has 1 aromatic carbocycles. The second-order valence-corrected chi connectivity index (χ2v) is 5.17.